The molecule has 7 aromatic carbocycles. The van der Waals surface area contributed by atoms with Crippen LogP contribution in [-0.2, 0) is 0 Å². The molecule has 0 saturated heterocycles. The van der Waals surface area contributed by atoms with E-state index in [0.717, 1.165) is 11.3 Å². The van der Waals surface area contributed by atoms with Gasteiger partial charge in [0.1, 0.15) is 11.3 Å². The Kier molecular flexibility index (Phi) is 4.94. The number of hydrogen-bond acceptors (Lipinski definition) is 2. The second kappa shape index (κ2) is 8.97. The van der Waals surface area contributed by atoms with E-state index < -0.39 is 0 Å². The molecule has 1 aromatic heterocycles. The Morgan fingerprint density at radius 1 is 0.533 bits per heavy atom. The number of para-hydroxylation sites is 2. The van der Waals surface area contributed by atoms with Crippen LogP contribution in [0.5, 0.6) is 0 Å². The summed E-state index contributed by atoms with van der Waals surface area (Å²) in [5.41, 5.74) is 9.17. The lowest BCUT2D eigenvalue weighted by Gasteiger charge is -2.38. The number of nitrogens with one attached hydrogen (secondary N) is 1. The van der Waals surface area contributed by atoms with Gasteiger partial charge in [-0.2, -0.15) is 0 Å². The fourth-order valence-corrected chi connectivity index (χ4v) is 8.23. The quantitative estimate of drug-likeness (QED) is 0.207. The largest absolute Gasteiger partial charge is 0.460 e. The predicted octanol–water partition coefficient (Wildman–Crippen LogP) is 11.4. The monoisotopic (exact) mass is 575 g/mol. The first kappa shape index (κ1) is 24.8. The van der Waals surface area contributed by atoms with Crippen molar-refractivity contribution in [3.8, 4) is 11.1 Å². The van der Waals surface area contributed by atoms with Crippen LogP contribution in [-0.4, -0.2) is 5.54 Å². The molecule has 45 heavy (non-hydrogen) atoms. The minimum Gasteiger partial charge on any atom is -0.460 e. The van der Waals surface area contributed by atoms with Crippen LogP contribution in [0.3, 0.4) is 0 Å². The van der Waals surface area contributed by atoms with Crippen molar-refractivity contribution in [2.45, 2.75) is 18.4 Å². The van der Waals surface area contributed by atoms with Gasteiger partial charge < -0.3 is 9.73 Å². The Labute approximate surface area is 261 Å². The van der Waals surface area contributed by atoms with Crippen molar-refractivity contribution in [3.63, 3.8) is 0 Å². The topological polar surface area (TPSA) is 25.2 Å². The van der Waals surface area contributed by atoms with Crippen LogP contribution >= 0.6 is 0 Å². The van der Waals surface area contributed by atoms with Gasteiger partial charge in [0.05, 0.1) is 11.5 Å². The van der Waals surface area contributed by atoms with Gasteiger partial charge in [0.2, 0.25) is 0 Å². The normalized spacial score (nSPS) is 18.5. The van der Waals surface area contributed by atoms with Crippen molar-refractivity contribution in [1.29, 1.82) is 0 Å². The smallest absolute Gasteiger partial charge is 0.134 e. The summed E-state index contributed by atoms with van der Waals surface area (Å²) in [6.45, 7) is 2.33. The van der Waals surface area contributed by atoms with Gasteiger partial charge in [-0.15, -0.1) is 0 Å². The molecule has 2 unspecified atom stereocenters. The Hall–Kier alpha value is -5.60. The van der Waals surface area contributed by atoms with Crippen LogP contribution < -0.4 is 5.32 Å². The maximum absolute atomic E-state index is 6.63. The van der Waals surface area contributed by atoms with Crippen LogP contribution in [0.2, 0.25) is 0 Å². The van der Waals surface area contributed by atoms with E-state index in [1.165, 1.54) is 76.8 Å². The van der Waals surface area contributed by atoms with E-state index >= 15 is 0 Å². The molecule has 1 aliphatic heterocycles. The average molecular weight is 576 g/mol. The molecule has 10 rings (SSSR count). The maximum atomic E-state index is 6.63. The number of fused-ring (bicyclic) bond motifs is 13. The van der Waals surface area contributed by atoms with Crippen molar-refractivity contribution < 1.29 is 4.42 Å². The predicted molar refractivity (Wildman–Crippen MR) is 189 cm³/mol. The number of benzene rings is 7. The van der Waals surface area contributed by atoms with Gasteiger partial charge in [-0.3, -0.25) is 0 Å². The van der Waals surface area contributed by atoms with Gasteiger partial charge >= 0.3 is 0 Å². The highest BCUT2D eigenvalue weighted by Crippen LogP contribution is 2.57. The Bertz CT molecular complexity index is 2520. The first-order chi connectivity index (χ1) is 22.2. The number of rotatable bonds is 2. The third kappa shape index (κ3) is 3.40. The van der Waals surface area contributed by atoms with Gasteiger partial charge in [-0.25, -0.2) is 0 Å². The summed E-state index contributed by atoms with van der Waals surface area (Å²) in [6.07, 6.45) is 2.37. The zero-order valence-corrected chi connectivity index (χ0v) is 24.8. The molecule has 8 aromatic rings. The minimum absolute atomic E-state index is 0.0695. The van der Waals surface area contributed by atoms with E-state index in [4.69, 9.17) is 4.42 Å². The van der Waals surface area contributed by atoms with Crippen molar-refractivity contribution in [3.05, 3.63) is 162 Å². The highest BCUT2D eigenvalue weighted by molar-refractivity contribution is 6.25. The van der Waals surface area contributed by atoms with Crippen LogP contribution in [0.4, 0.5) is 5.69 Å². The molecule has 0 radical (unpaired) electrons. The van der Waals surface area contributed by atoms with E-state index in [0.29, 0.717) is 0 Å². The third-order valence-corrected chi connectivity index (χ3v) is 10.3. The lowest BCUT2D eigenvalue weighted by atomic mass is 9.70. The molecule has 1 N–H and O–H groups in total. The molecule has 0 spiro atoms. The number of furan rings is 1. The van der Waals surface area contributed by atoms with E-state index in [1.54, 1.807) is 0 Å². The Balaban J connectivity index is 1.18. The van der Waals surface area contributed by atoms with Gasteiger partial charge in [-0.05, 0) is 97.4 Å². The summed E-state index contributed by atoms with van der Waals surface area (Å²) >= 11 is 0. The molecule has 1 aliphatic carbocycles. The second-order valence-corrected chi connectivity index (χ2v) is 12.7. The standard InChI is InChI=1S/C43H29NO/c1-43-38(25-37-34-17-7-9-20-40(34)45-42(37)41(43)35-18-6-8-19-39(35)44-43)28-12-10-11-26(23-28)27-21-22-33-31-15-3-2-13-29(31)30-14-4-5-16-32(30)36(33)24-27/h2-25,41,44H,1H3. The molecule has 2 nitrogen and oxygen atoms in total. The summed E-state index contributed by atoms with van der Waals surface area (Å²) in [5.74, 6) is 1.12. The van der Waals surface area contributed by atoms with E-state index in [2.05, 4.69) is 158 Å². The van der Waals surface area contributed by atoms with Crippen LogP contribution in [0.1, 0.15) is 35.3 Å². The van der Waals surface area contributed by atoms with Gasteiger partial charge in [0.25, 0.3) is 0 Å². The number of anilines is 1. The molecule has 0 saturated carbocycles. The summed E-state index contributed by atoms with van der Waals surface area (Å²) < 4.78 is 6.63. The zero-order valence-electron chi connectivity index (χ0n) is 24.8. The first-order valence-corrected chi connectivity index (χ1v) is 15.7. The lowest BCUT2D eigenvalue weighted by molar-refractivity contribution is 0.468. The van der Waals surface area contributed by atoms with E-state index in [-0.39, 0.29) is 11.5 Å². The van der Waals surface area contributed by atoms with Crippen molar-refractivity contribution in [2.24, 2.45) is 0 Å². The molecule has 0 fully saturated rings. The summed E-state index contributed by atoms with van der Waals surface area (Å²) in [4.78, 5) is 0. The van der Waals surface area contributed by atoms with E-state index in [1.807, 2.05) is 0 Å². The molecular formula is C43H29NO. The Morgan fingerprint density at radius 3 is 1.91 bits per heavy atom. The SMILES string of the molecule is CC12Nc3ccccc3C1c1oc3ccccc3c1C=C2c1cccc(-c2ccc3c4ccccc4c4ccccc4c3c2)c1. The molecule has 2 heteroatoms. The zero-order chi connectivity index (χ0) is 29.7. The van der Waals surface area contributed by atoms with Gasteiger partial charge in [-0.1, -0.05) is 115 Å². The highest BCUT2D eigenvalue weighted by Gasteiger charge is 2.51. The highest BCUT2D eigenvalue weighted by atomic mass is 16.3. The minimum atomic E-state index is -0.359. The molecule has 212 valence electrons. The molecule has 2 atom stereocenters. The van der Waals surface area contributed by atoms with Gasteiger partial charge in [0.15, 0.2) is 0 Å². The van der Waals surface area contributed by atoms with Crippen molar-refractivity contribution >= 4 is 60.6 Å². The molecule has 2 heterocycles. The number of hydrogen-bond donors (Lipinski definition) is 1. The van der Waals surface area contributed by atoms with E-state index in [9.17, 15) is 0 Å². The second-order valence-electron chi connectivity index (χ2n) is 12.7. The molecule has 0 amide bonds. The van der Waals surface area contributed by atoms with Crippen molar-refractivity contribution in [2.75, 3.05) is 5.32 Å². The Morgan fingerprint density at radius 2 is 1.13 bits per heavy atom. The average Bonchev–Trinajstić information content (AvgIpc) is 3.62. The van der Waals surface area contributed by atoms with Crippen LogP contribution in [0, 0.1) is 0 Å². The van der Waals surface area contributed by atoms with Gasteiger partial charge in [0, 0.05) is 16.6 Å². The summed E-state index contributed by atoms with van der Waals surface area (Å²) in [7, 11) is 0. The molecular weight excluding hydrogens is 546 g/mol. The van der Waals surface area contributed by atoms with Crippen LogP contribution in [0.15, 0.2) is 144 Å². The summed E-state index contributed by atoms with van der Waals surface area (Å²) in [6, 6.07) is 50.7. The molecule has 2 aliphatic rings. The fraction of sp³-hybridized carbons (Fsp3) is 0.0698. The third-order valence-electron chi connectivity index (χ3n) is 10.3. The molecule has 0 bridgehead atoms. The summed E-state index contributed by atoms with van der Waals surface area (Å²) in [5, 5.41) is 12.9. The first-order valence-electron chi connectivity index (χ1n) is 15.7. The fourth-order valence-electron chi connectivity index (χ4n) is 8.23. The van der Waals surface area contributed by atoms with Crippen molar-refractivity contribution in [1.82, 2.24) is 0 Å². The van der Waals surface area contributed by atoms with Crippen LogP contribution in [0.25, 0.3) is 66.1 Å². The lowest BCUT2D eigenvalue weighted by Crippen LogP contribution is -2.39. The maximum Gasteiger partial charge on any atom is 0.134 e.